The van der Waals surface area contributed by atoms with Crippen molar-refractivity contribution in [2.45, 2.75) is 25.4 Å². The van der Waals surface area contributed by atoms with Crippen molar-refractivity contribution in [1.29, 1.82) is 0 Å². The zero-order chi connectivity index (χ0) is 17.6. The van der Waals surface area contributed by atoms with Gasteiger partial charge >= 0.3 is 0 Å². The Bertz CT molecular complexity index is 649. The van der Waals surface area contributed by atoms with Crippen LogP contribution in [0.2, 0.25) is 0 Å². The van der Waals surface area contributed by atoms with Crippen LogP contribution in [0.15, 0.2) is 40.8 Å². The lowest BCUT2D eigenvalue weighted by atomic mass is 9.88. The number of nitrogens with zero attached hydrogens (tertiary/aromatic N) is 3. The second kappa shape index (κ2) is 8.54. The molecule has 6 heteroatoms. The molecule has 2 aromatic rings. The molecule has 2 aromatic heterocycles. The Morgan fingerprint density at radius 2 is 2.32 bits per heavy atom. The van der Waals surface area contributed by atoms with Crippen molar-refractivity contribution < 1.29 is 0 Å². The number of rotatable bonds is 5. The third-order valence-electron chi connectivity index (χ3n) is 5.01. The largest absolute Gasteiger partial charge is 0.364 e. The van der Waals surface area contributed by atoms with Crippen molar-refractivity contribution in [2.24, 2.45) is 10.9 Å². The van der Waals surface area contributed by atoms with Gasteiger partial charge in [-0.25, -0.2) is 0 Å². The fraction of sp³-hybridized carbons (Fsp3) is 0.526. The molecule has 3 heterocycles. The van der Waals surface area contributed by atoms with Gasteiger partial charge in [0, 0.05) is 43.4 Å². The number of H-pyrrole nitrogens is 1. The minimum Gasteiger partial charge on any atom is -0.364 e. The zero-order valence-electron chi connectivity index (χ0n) is 15.4. The molecular formula is C19H29N5S. The molecule has 0 aromatic carbocycles. The van der Waals surface area contributed by atoms with Crippen molar-refractivity contribution >= 4 is 17.3 Å². The smallest absolute Gasteiger partial charge is 0.193 e. The molecule has 2 atom stereocenters. The van der Waals surface area contributed by atoms with Gasteiger partial charge in [-0.1, -0.05) is 6.07 Å². The summed E-state index contributed by atoms with van der Waals surface area (Å²) in [7, 11) is 6.19. The molecule has 5 nitrogen and oxygen atoms in total. The highest BCUT2D eigenvalue weighted by atomic mass is 32.1. The third-order valence-corrected chi connectivity index (χ3v) is 5.95. The summed E-state index contributed by atoms with van der Waals surface area (Å²) < 4.78 is 0. The van der Waals surface area contributed by atoms with Crippen molar-refractivity contribution in [3.8, 4) is 0 Å². The number of thiophene rings is 1. The van der Waals surface area contributed by atoms with Crippen LogP contribution in [0.4, 0.5) is 0 Å². The maximum Gasteiger partial charge on any atom is 0.193 e. The molecule has 1 saturated heterocycles. The summed E-state index contributed by atoms with van der Waals surface area (Å²) in [5, 5.41) is 5.79. The van der Waals surface area contributed by atoms with E-state index in [0.717, 1.165) is 19.0 Å². The van der Waals surface area contributed by atoms with E-state index < -0.39 is 0 Å². The van der Waals surface area contributed by atoms with Crippen LogP contribution in [0, 0.1) is 5.92 Å². The lowest BCUT2D eigenvalue weighted by Gasteiger charge is -2.39. The normalized spacial score (nSPS) is 22.1. The SMILES string of the molecule is CN=C(NCC1CCCN(C)C1c1cccs1)N(C)Cc1ccc[nH]1. The molecular weight excluding hydrogens is 330 g/mol. The van der Waals surface area contributed by atoms with Crippen molar-refractivity contribution in [3.05, 3.63) is 46.4 Å². The quantitative estimate of drug-likeness (QED) is 0.637. The first-order chi connectivity index (χ1) is 12.2. The summed E-state index contributed by atoms with van der Waals surface area (Å²) >= 11 is 1.87. The van der Waals surface area contributed by atoms with E-state index in [9.17, 15) is 0 Å². The predicted molar refractivity (Wildman–Crippen MR) is 106 cm³/mol. The number of aliphatic imine (C=N–C) groups is 1. The second-order valence-corrected chi connectivity index (χ2v) is 7.80. The Hall–Kier alpha value is -1.79. The first kappa shape index (κ1) is 18.0. The van der Waals surface area contributed by atoms with E-state index in [1.54, 1.807) is 0 Å². The number of nitrogens with one attached hydrogen (secondary N) is 2. The van der Waals surface area contributed by atoms with Gasteiger partial charge in [0.2, 0.25) is 0 Å². The lowest BCUT2D eigenvalue weighted by Crippen LogP contribution is -2.45. The highest BCUT2D eigenvalue weighted by Crippen LogP contribution is 2.36. The molecule has 1 aliphatic heterocycles. The Balaban J connectivity index is 1.61. The lowest BCUT2D eigenvalue weighted by molar-refractivity contribution is 0.124. The fourth-order valence-electron chi connectivity index (χ4n) is 3.79. The predicted octanol–water partition coefficient (Wildman–Crippen LogP) is 3.17. The molecule has 3 rings (SSSR count). The Morgan fingerprint density at radius 1 is 1.44 bits per heavy atom. The maximum absolute atomic E-state index is 4.47. The molecule has 25 heavy (non-hydrogen) atoms. The Labute approximate surface area is 154 Å². The number of aromatic amines is 1. The van der Waals surface area contributed by atoms with Gasteiger partial charge in [-0.2, -0.15) is 0 Å². The summed E-state index contributed by atoms with van der Waals surface area (Å²) in [6, 6.07) is 9.08. The van der Waals surface area contributed by atoms with E-state index in [1.807, 2.05) is 30.6 Å². The van der Waals surface area contributed by atoms with Gasteiger partial charge in [-0.05, 0) is 55.9 Å². The molecule has 0 spiro atoms. The van der Waals surface area contributed by atoms with Crippen LogP contribution < -0.4 is 5.32 Å². The van der Waals surface area contributed by atoms with E-state index in [4.69, 9.17) is 0 Å². The topological polar surface area (TPSA) is 46.7 Å². The van der Waals surface area contributed by atoms with E-state index in [2.05, 4.69) is 62.8 Å². The summed E-state index contributed by atoms with van der Waals surface area (Å²) in [6.07, 6.45) is 4.49. The van der Waals surface area contributed by atoms with Crippen LogP contribution in [0.5, 0.6) is 0 Å². The van der Waals surface area contributed by atoms with Crippen LogP contribution in [-0.4, -0.2) is 55.0 Å². The molecule has 0 saturated carbocycles. The number of piperidine rings is 1. The minimum atomic E-state index is 0.507. The molecule has 0 amide bonds. The van der Waals surface area contributed by atoms with Crippen molar-refractivity contribution in [2.75, 3.05) is 34.2 Å². The zero-order valence-corrected chi connectivity index (χ0v) is 16.2. The molecule has 2 unspecified atom stereocenters. The highest BCUT2D eigenvalue weighted by molar-refractivity contribution is 7.10. The third kappa shape index (κ3) is 4.44. The van der Waals surface area contributed by atoms with Crippen LogP contribution in [-0.2, 0) is 6.54 Å². The van der Waals surface area contributed by atoms with Gasteiger partial charge in [0.15, 0.2) is 5.96 Å². The van der Waals surface area contributed by atoms with Gasteiger partial charge in [-0.3, -0.25) is 9.89 Å². The number of hydrogen-bond acceptors (Lipinski definition) is 3. The van der Waals surface area contributed by atoms with E-state index in [-0.39, 0.29) is 0 Å². The van der Waals surface area contributed by atoms with Crippen molar-refractivity contribution in [3.63, 3.8) is 0 Å². The standard InChI is InChI=1S/C19H29N5S/c1-20-19(24(3)14-16-8-4-10-21-16)22-13-15-7-5-11-23(2)18(15)17-9-6-12-25-17/h4,6,8-10,12,15,18,21H,5,7,11,13-14H2,1-3H3,(H,20,22). The van der Waals surface area contributed by atoms with Crippen LogP contribution >= 0.6 is 11.3 Å². The second-order valence-electron chi connectivity index (χ2n) is 6.82. The molecule has 1 fully saturated rings. The van der Waals surface area contributed by atoms with Gasteiger partial charge in [-0.15, -0.1) is 11.3 Å². The highest BCUT2D eigenvalue weighted by Gasteiger charge is 2.31. The molecule has 1 aliphatic rings. The number of aromatic nitrogens is 1. The van der Waals surface area contributed by atoms with Crippen LogP contribution in [0.1, 0.15) is 29.5 Å². The van der Waals surface area contributed by atoms with Gasteiger partial charge < -0.3 is 15.2 Å². The fourth-order valence-corrected chi connectivity index (χ4v) is 4.77. The van der Waals surface area contributed by atoms with Gasteiger partial charge in [0.25, 0.3) is 0 Å². The van der Waals surface area contributed by atoms with Crippen LogP contribution in [0.3, 0.4) is 0 Å². The Morgan fingerprint density at radius 3 is 3.00 bits per heavy atom. The molecule has 136 valence electrons. The Kier molecular flexibility index (Phi) is 6.15. The summed E-state index contributed by atoms with van der Waals surface area (Å²) in [4.78, 5) is 13.9. The molecule has 2 N–H and O–H groups in total. The molecule has 0 bridgehead atoms. The number of hydrogen-bond donors (Lipinski definition) is 2. The monoisotopic (exact) mass is 359 g/mol. The summed E-state index contributed by atoms with van der Waals surface area (Å²) in [5.41, 5.74) is 1.19. The first-order valence-corrected chi connectivity index (χ1v) is 9.84. The van der Waals surface area contributed by atoms with Crippen molar-refractivity contribution in [1.82, 2.24) is 20.1 Å². The summed E-state index contributed by atoms with van der Waals surface area (Å²) in [6.45, 7) is 2.96. The van der Waals surface area contributed by atoms with E-state index >= 15 is 0 Å². The summed E-state index contributed by atoms with van der Waals surface area (Å²) in [5.74, 6) is 1.56. The first-order valence-electron chi connectivity index (χ1n) is 8.96. The van der Waals surface area contributed by atoms with Crippen LogP contribution in [0.25, 0.3) is 0 Å². The molecule has 0 radical (unpaired) electrons. The van der Waals surface area contributed by atoms with E-state index in [0.29, 0.717) is 12.0 Å². The number of guanidine groups is 1. The molecule has 0 aliphatic carbocycles. The van der Waals surface area contributed by atoms with Gasteiger partial charge in [0.1, 0.15) is 0 Å². The van der Waals surface area contributed by atoms with Gasteiger partial charge in [0.05, 0.1) is 6.54 Å². The van der Waals surface area contributed by atoms with E-state index in [1.165, 1.54) is 30.0 Å². The maximum atomic E-state index is 4.47. The number of likely N-dealkylation sites (tertiary alicyclic amines) is 1. The minimum absolute atomic E-state index is 0.507. The average Bonchev–Trinajstić information content (AvgIpc) is 3.29. The average molecular weight is 360 g/mol.